The minimum absolute atomic E-state index is 0.236. The van der Waals surface area contributed by atoms with E-state index >= 15 is 0 Å². The van der Waals surface area contributed by atoms with Crippen LogP contribution in [-0.4, -0.2) is 34.0 Å². The van der Waals surface area contributed by atoms with Crippen molar-refractivity contribution in [1.82, 2.24) is 5.32 Å². The number of carbonyl (C=O) groups is 2. The Kier molecular flexibility index (Phi) is 4.04. The lowest BCUT2D eigenvalue weighted by Crippen LogP contribution is -2.51. The number of rotatable bonds is 3. The first-order valence-corrected chi connectivity index (χ1v) is 6.61. The molecule has 0 bridgehead atoms. The Bertz CT molecular complexity index is 524. The van der Waals surface area contributed by atoms with Crippen LogP contribution in [0.1, 0.15) is 5.56 Å². The molecule has 0 radical (unpaired) electrons. The molecule has 2 atom stereocenters. The van der Waals surface area contributed by atoms with E-state index < -0.39 is 34.8 Å². The summed E-state index contributed by atoms with van der Waals surface area (Å²) in [6.45, 7) is 0. The summed E-state index contributed by atoms with van der Waals surface area (Å²) < 4.78 is 25.8. The van der Waals surface area contributed by atoms with E-state index in [1.165, 1.54) is 17.8 Å². The lowest BCUT2D eigenvalue weighted by Gasteiger charge is -2.26. The van der Waals surface area contributed by atoms with E-state index in [0.717, 1.165) is 12.1 Å². The van der Waals surface area contributed by atoms with Gasteiger partial charge >= 0.3 is 5.97 Å². The molecule has 0 aromatic heterocycles. The smallest absolute Gasteiger partial charge is 0.327 e. The van der Waals surface area contributed by atoms with Gasteiger partial charge in [0.1, 0.15) is 6.04 Å². The molecule has 1 aromatic rings. The van der Waals surface area contributed by atoms with Gasteiger partial charge in [0.25, 0.3) is 0 Å². The summed E-state index contributed by atoms with van der Waals surface area (Å²) in [5.41, 5.74) is 0.500. The van der Waals surface area contributed by atoms with Crippen molar-refractivity contribution in [3.8, 4) is 0 Å². The molecule has 7 heteroatoms. The van der Waals surface area contributed by atoms with Crippen LogP contribution in [-0.2, 0) is 16.0 Å². The molecule has 1 fully saturated rings. The molecule has 1 amide bonds. The summed E-state index contributed by atoms with van der Waals surface area (Å²) >= 11 is 1.20. The van der Waals surface area contributed by atoms with Crippen molar-refractivity contribution in [2.75, 3.05) is 5.75 Å². The van der Waals surface area contributed by atoms with E-state index in [0.29, 0.717) is 5.56 Å². The summed E-state index contributed by atoms with van der Waals surface area (Å²) in [5.74, 6) is -3.10. The van der Waals surface area contributed by atoms with Gasteiger partial charge in [-0.3, -0.25) is 4.79 Å². The number of halogens is 2. The predicted molar refractivity (Wildman–Crippen MR) is 65.9 cm³/mol. The van der Waals surface area contributed by atoms with Gasteiger partial charge in [-0.1, -0.05) is 6.07 Å². The number of carboxylic acid groups (broad SMARTS) is 1. The van der Waals surface area contributed by atoms with Crippen LogP contribution in [0.5, 0.6) is 0 Å². The lowest BCUT2D eigenvalue weighted by atomic mass is 10.1. The number of aliphatic carboxylic acids is 1. The fourth-order valence-corrected chi connectivity index (χ4v) is 2.94. The molecule has 1 aromatic carbocycles. The van der Waals surface area contributed by atoms with Crippen molar-refractivity contribution >= 4 is 23.6 Å². The van der Waals surface area contributed by atoms with Gasteiger partial charge in [-0.15, -0.1) is 11.8 Å². The fraction of sp³-hybridized carbons (Fsp3) is 0.333. The van der Waals surface area contributed by atoms with Crippen molar-refractivity contribution in [2.24, 2.45) is 0 Å². The lowest BCUT2D eigenvalue weighted by molar-refractivity contribution is -0.141. The van der Waals surface area contributed by atoms with E-state index in [1.54, 1.807) is 0 Å². The van der Waals surface area contributed by atoms with Crippen LogP contribution >= 0.6 is 11.8 Å². The van der Waals surface area contributed by atoms with Gasteiger partial charge in [0.2, 0.25) is 5.91 Å². The number of carbonyl (C=O) groups excluding carboxylic acids is 1. The Hall–Kier alpha value is -1.63. The first-order chi connectivity index (χ1) is 8.97. The fourth-order valence-electron chi connectivity index (χ4n) is 1.76. The molecule has 2 N–H and O–H groups in total. The molecule has 0 saturated carbocycles. The van der Waals surface area contributed by atoms with Crippen LogP contribution in [0.25, 0.3) is 0 Å². The number of amides is 1. The third-order valence-corrected chi connectivity index (χ3v) is 4.09. The zero-order chi connectivity index (χ0) is 14.0. The third kappa shape index (κ3) is 3.23. The molecular formula is C12H11F2NO3S. The SMILES string of the molecule is O=C(O)[C@H]1CS[C@H](Cc2ccc(F)c(F)c2)C(=O)N1. The Balaban J connectivity index is 2.02. The maximum atomic E-state index is 13.0. The number of benzene rings is 1. The van der Waals surface area contributed by atoms with Gasteiger partial charge in [-0.05, 0) is 24.1 Å². The first kappa shape index (κ1) is 13.8. The van der Waals surface area contributed by atoms with Gasteiger partial charge < -0.3 is 10.4 Å². The van der Waals surface area contributed by atoms with Gasteiger partial charge in [-0.25, -0.2) is 13.6 Å². The van der Waals surface area contributed by atoms with E-state index in [-0.39, 0.29) is 12.2 Å². The van der Waals surface area contributed by atoms with Gasteiger partial charge in [0.15, 0.2) is 11.6 Å². The highest BCUT2D eigenvalue weighted by atomic mass is 32.2. The monoisotopic (exact) mass is 287 g/mol. The topological polar surface area (TPSA) is 66.4 Å². The summed E-state index contributed by atoms with van der Waals surface area (Å²) in [6, 6.07) is 2.58. The van der Waals surface area contributed by atoms with Gasteiger partial charge in [-0.2, -0.15) is 0 Å². The maximum absolute atomic E-state index is 13.0. The molecule has 0 spiro atoms. The Labute approximate surface area is 112 Å². The standard InChI is InChI=1S/C12H11F2NO3S/c13-7-2-1-6(3-8(7)14)4-10-11(16)15-9(5-19-10)12(17)18/h1-3,9-10H,4-5H2,(H,15,16)(H,17,18)/t9-,10-/m1/s1. The molecule has 19 heavy (non-hydrogen) atoms. The van der Waals surface area contributed by atoms with Crippen molar-refractivity contribution in [2.45, 2.75) is 17.7 Å². The molecule has 1 saturated heterocycles. The predicted octanol–water partition coefficient (Wildman–Crippen LogP) is 1.19. The summed E-state index contributed by atoms with van der Waals surface area (Å²) in [7, 11) is 0. The van der Waals surface area contributed by atoms with Crippen molar-refractivity contribution in [3.63, 3.8) is 0 Å². The Morgan fingerprint density at radius 3 is 2.74 bits per heavy atom. The summed E-state index contributed by atoms with van der Waals surface area (Å²) in [4.78, 5) is 22.4. The van der Waals surface area contributed by atoms with Crippen LogP contribution < -0.4 is 5.32 Å². The summed E-state index contributed by atoms with van der Waals surface area (Å²) in [5, 5.41) is 10.7. The average molecular weight is 287 g/mol. The Morgan fingerprint density at radius 2 is 2.16 bits per heavy atom. The number of thioether (sulfide) groups is 1. The highest BCUT2D eigenvalue weighted by Gasteiger charge is 2.32. The maximum Gasteiger partial charge on any atom is 0.327 e. The van der Waals surface area contributed by atoms with E-state index in [4.69, 9.17) is 5.11 Å². The van der Waals surface area contributed by atoms with E-state index in [1.807, 2.05) is 0 Å². The molecule has 1 heterocycles. The number of nitrogens with one attached hydrogen (secondary N) is 1. The number of carboxylic acids is 1. The molecule has 4 nitrogen and oxygen atoms in total. The number of hydrogen-bond acceptors (Lipinski definition) is 3. The highest BCUT2D eigenvalue weighted by molar-refractivity contribution is 8.00. The Morgan fingerprint density at radius 1 is 1.42 bits per heavy atom. The molecule has 1 aliphatic heterocycles. The van der Waals surface area contributed by atoms with Crippen LogP contribution in [0.15, 0.2) is 18.2 Å². The van der Waals surface area contributed by atoms with Gasteiger partial charge in [0.05, 0.1) is 5.25 Å². The van der Waals surface area contributed by atoms with Crippen molar-refractivity contribution in [1.29, 1.82) is 0 Å². The average Bonchev–Trinajstić information content (AvgIpc) is 2.36. The van der Waals surface area contributed by atoms with Crippen LogP contribution in [0, 0.1) is 11.6 Å². The van der Waals surface area contributed by atoms with E-state index in [2.05, 4.69) is 5.32 Å². The number of hydrogen-bond donors (Lipinski definition) is 2. The van der Waals surface area contributed by atoms with Crippen LogP contribution in [0.4, 0.5) is 8.78 Å². The highest BCUT2D eigenvalue weighted by Crippen LogP contribution is 2.22. The minimum Gasteiger partial charge on any atom is -0.480 e. The van der Waals surface area contributed by atoms with E-state index in [9.17, 15) is 18.4 Å². The van der Waals surface area contributed by atoms with Crippen LogP contribution in [0.3, 0.4) is 0 Å². The van der Waals surface area contributed by atoms with Crippen molar-refractivity contribution in [3.05, 3.63) is 35.4 Å². The molecule has 0 aliphatic carbocycles. The molecule has 102 valence electrons. The third-order valence-electron chi connectivity index (χ3n) is 2.78. The molecule has 0 unspecified atom stereocenters. The van der Waals surface area contributed by atoms with Crippen molar-refractivity contribution < 1.29 is 23.5 Å². The second kappa shape index (κ2) is 5.56. The summed E-state index contributed by atoms with van der Waals surface area (Å²) in [6.07, 6.45) is 0.236. The largest absolute Gasteiger partial charge is 0.480 e. The normalized spacial score (nSPS) is 22.9. The van der Waals surface area contributed by atoms with Gasteiger partial charge in [0, 0.05) is 5.75 Å². The minimum atomic E-state index is -1.08. The second-order valence-corrected chi connectivity index (χ2v) is 5.41. The molecule has 2 rings (SSSR count). The first-order valence-electron chi connectivity index (χ1n) is 5.56. The second-order valence-electron chi connectivity index (χ2n) is 4.17. The zero-order valence-corrected chi connectivity index (χ0v) is 10.5. The van der Waals surface area contributed by atoms with Crippen LogP contribution in [0.2, 0.25) is 0 Å². The zero-order valence-electron chi connectivity index (χ0n) is 9.73. The quantitative estimate of drug-likeness (QED) is 0.876. The molecular weight excluding hydrogens is 276 g/mol. The molecule has 1 aliphatic rings.